The number of anilines is 3. The van der Waals surface area contributed by atoms with Gasteiger partial charge in [0.05, 0.1) is 32.3 Å². The molecule has 5 heteroatoms. The van der Waals surface area contributed by atoms with Crippen LogP contribution in [0.4, 0.5) is 17.1 Å². The largest absolute Gasteiger partial charge is 0.397 e. The second-order valence-corrected chi connectivity index (χ2v) is 6.84. The maximum atomic E-state index is 6.13. The standard InChI is InChI=1S/C15H14BrN3S/c1-8-3-4-10(16)12(5-8)19-13-7-14-15(6-11(13)17)20-9(2)18-14/h3-7,19H,17H2,1-2H3. The molecule has 0 atom stereocenters. The monoisotopic (exact) mass is 347 g/mol. The van der Waals surface area contributed by atoms with Crippen LogP contribution < -0.4 is 11.1 Å². The molecule has 3 rings (SSSR count). The van der Waals surface area contributed by atoms with Crippen LogP contribution in [-0.2, 0) is 0 Å². The van der Waals surface area contributed by atoms with Crippen LogP contribution in [0.15, 0.2) is 34.8 Å². The van der Waals surface area contributed by atoms with Gasteiger partial charge >= 0.3 is 0 Å². The van der Waals surface area contributed by atoms with E-state index >= 15 is 0 Å². The second-order valence-electron chi connectivity index (χ2n) is 4.75. The molecule has 0 bridgehead atoms. The number of nitrogens with one attached hydrogen (secondary N) is 1. The molecule has 2 aromatic carbocycles. The number of nitrogens with two attached hydrogens (primary N) is 1. The number of aromatic nitrogens is 1. The van der Waals surface area contributed by atoms with Gasteiger partial charge in [-0.3, -0.25) is 0 Å². The zero-order valence-electron chi connectivity index (χ0n) is 11.2. The Morgan fingerprint density at radius 3 is 2.75 bits per heavy atom. The summed E-state index contributed by atoms with van der Waals surface area (Å²) in [6.07, 6.45) is 0. The topological polar surface area (TPSA) is 50.9 Å². The van der Waals surface area contributed by atoms with Gasteiger partial charge in [0.1, 0.15) is 0 Å². The molecule has 3 N–H and O–H groups in total. The van der Waals surface area contributed by atoms with E-state index in [-0.39, 0.29) is 0 Å². The number of halogens is 1. The normalized spacial score (nSPS) is 10.9. The number of hydrogen-bond acceptors (Lipinski definition) is 4. The summed E-state index contributed by atoms with van der Waals surface area (Å²) in [6.45, 7) is 4.07. The highest BCUT2D eigenvalue weighted by molar-refractivity contribution is 9.10. The van der Waals surface area contributed by atoms with Crippen LogP contribution >= 0.6 is 27.3 Å². The maximum Gasteiger partial charge on any atom is 0.0907 e. The number of hydrogen-bond donors (Lipinski definition) is 2. The van der Waals surface area contributed by atoms with Crippen molar-refractivity contribution in [2.75, 3.05) is 11.1 Å². The van der Waals surface area contributed by atoms with Gasteiger partial charge in [0.15, 0.2) is 0 Å². The molecule has 0 aliphatic rings. The van der Waals surface area contributed by atoms with Crippen molar-refractivity contribution in [2.24, 2.45) is 0 Å². The highest BCUT2D eigenvalue weighted by atomic mass is 79.9. The summed E-state index contributed by atoms with van der Waals surface area (Å²) >= 11 is 5.21. The first-order valence-corrected chi connectivity index (χ1v) is 7.84. The van der Waals surface area contributed by atoms with Crippen LogP contribution in [0.5, 0.6) is 0 Å². The average molecular weight is 348 g/mol. The van der Waals surface area contributed by atoms with E-state index in [1.165, 1.54) is 5.56 Å². The predicted molar refractivity (Wildman–Crippen MR) is 90.9 cm³/mol. The zero-order chi connectivity index (χ0) is 14.3. The molecule has 0 spiro atoms. The Morgan fingerprint density at radius 1 is 1.15 bits per heavy atom. The van der Waals surface area contributed by atoms with Crippen LogP contribution in [0.3, 0.4) is 0 Å². The number of benzene rings is 2. The molecule has 1 heterocycles. The number of nitrogens with zero attached hydrogens (tertiary/aromatic N) is 1. The third kappa shape index (κ3) is 2.51. The fourth-order valence-electron chi connectivity index (χ4n) is 2.09. The summed E-state index contributed by atoms with van der Waals surface area (Å²) in [5.41, 5.74) is 10.9. The Morgan fingerprint density at radius 2 is 1.95 bits per heavy atom. The van der Waals surface area contributed by atoms with Crippen LogP contribution in [0.2, 0.25) is 0 Å². The molecule has 0 fully saturated rings. The third-order valence-corrected chi connectivity index (χ3v) is 4.68. The highest BCUT2D eigenvalue weighted by Gasteiger charge is 2.08. The van der Waals surface area contributed by atoms with Crippen molar-refractivity contribution < 1.29 is 0 Å². The maximum absolute atomic E-state index is 6.13. The molecular weight excluding hydrogens is 334 g/mol. The molecule has 0 amide bonds. The second kappa shape index (κ2) is 5.07. The van der Waals surface area contributed by atoms with Gasteiger partial charge in [0, 0.05) is 4.47 Å². The third-order valence-electron chi connectivity index (χ3n) is 3.06. The number of rotatable bonds is 2. The number of aryl methyl sites for hydroxylation is 2. The Balaban J connectivity index is 2.05. The van der Waals surface area contributed by atoms with Gasteiger partial charge in [-0.2, -0.15) is 0 Å². The molecule has 0 saturated carbocycles. The van der Waals surface area contributed by atoms with Crippen LogP contribution in [0.1, 0.15) is 10.6 Å². The quantitative estimate of drug-likeness (QED) is 0.641. The Kier molecular flexibility index (Phi) is 3.40. The van der Waals surface area contributed by atoms with E-state index < -0.39 is 0 Å². The van der Waals surface area contributed by atoms with Crippen LogP contribution in [-0.4, -0.2) is 4.98 Å². The molecule has 0 aliphatic heterocycles. The average Bonchev–Trinajstić information content (AvgIpc) is 2.73. The van der Waals surface area contributed by atoms with Crippen molar-refractivity contribution in [2.45, 2.75) is 13.8 Å². The fraction of sp³-hybridized carbons (Fsp3) is 0.133. The van der Waals surface area contributed by atoms with Crippen molar-refractivity contribution in [1.29, 1.82) is 0 Å². The van der Waals surface area contributed by atoms with E-state index in [1.807, 2.05) is 25.1 Å². The van der Waals surface area contributed by atoms with E-state index in [9.17, 15) is 0 Å². The van der Waals surface area contributed by atoms with Crippen LogP contribution in [0.25, 0.3) is 10.2 Å². The van der Waals surface area contributed by atoms with Crippen molar-refractivity contribution in [3.63, 3.8) is 0 Å². The Hall–Kier alpha value is -1.59. The lowest BCUT2D eigenvalue weighted by atomic mass is 10.2. The summed E-state index contributed by atoms with van der Waals surface area (Å²) in [5, 5.41) is 4.42. The van der Waals surface area contributed by atoms with Crippen molar-refractivity contribution in [1.82, 2.24) is 4.98 Å². The SMILES string of the molecule is Cc1ccc(Br)c(Nc2cc3nc(C)sc3cc2N)c1. The van der Waals surface area contributed by atoms with Gasteiger partial charge in [0.25, 0.3) is 0 Å². The molecule has 3 aromatic rings. The lowest BCUT2D eigenvalue weighted by Gasteiger charge is -2.11. The summed E-state index contributed by atoms with van der Waals surface area (Å²) in [4.78, 5) is 4.51. The van der Waals surface area contributed by atoms with Gasteiger partial charge in [-0.1, -0.05) is 6.07 Å². The Labute approximate surface area is 130 Å². The fourth-order valence-corrected chi connectivity index (χ4v) is 3.30. The smallest absolute Gasteiger partial charge is 0.0907 e. The van der Waals surface area contributed by atoms with Gasteiger partial charge in [0.2, 0.25) is 0 Å². The van der Waals surface area contributed by atoms with E-state index in [0.29, 0.717) is 0 Å². The molecule has 0 saturated heterocycles. The summed E-state index contributed by atoms with van der Waals surface area (Å²) < 4.78 is 2.13. The van der Waals surface area contributed by atoms with Crippen LogP contribution in [0, 0.1) is 13.8 Å². The summed E-state index contributed by atoms with van der Waals surface area (Å²) in [5.74, 6) is 0. The molecule has 0 aliphatic carbocycles. The minimum atomic E-state index is 0.731. The summed E-state index contributed by atoms with van der Waals surface area (Å²) in [7, 11) is 0. The molecule has 102 valence electrons. The number of nitrogen functional groups attached to an aromatic ring is 1. The minimum absolute atomic E-state index is 0.731. The Bertz CT molecular complexity index is 795. The molecule has 1 aromatic heterocycles. The first kappa shape index (κ1) is 13.4. The first-order chi connectivity index (χ1) is 9.52. The molecule has 0 radical (unpaired) electrons. The van der Waals surface area contributed by atoms with Crippen molar-refractivity contribution in [3.8, 4) is 0 Å². The lowest BCUT2D eigenvalue weighted by Crippen LogP contribution is -1.97. The molecule has 3 nitrogen and oxygen atoms in total. The van der Waals surface area contributed by atoms with Crippen molar-refractivity contribution in [3.05, 3.63) is 45.4 Å². The van der Waals surface area contributed by atoms with Crippen molar-refractivity contribution >= 4 is 54.5 Å². The highest BCUT2D eigenvalue weighted by Crippen LogP contribution is 2.33. The van der Waals surface area contributed by atoms with Gasteiger partial charge in [-0.15, -0.1) is 11.3 Å². The minimum Gasteiger partial charge on any atom is -0.397 e. The summed E-state index contributed by atoms with van der Waals surface area (Å²) in [6, 6.07) is 10.2. The van der Waals surface area contributed by atoms with Gasteiger partial charge in [-0.05, 0) is 59.6 Å². The predicted octanol–water partition coefficient (Wildman–Crippen LogP) is 5.00. The molecular formula is C15H14BrN3S. The zero-order valence-corrected chi connectivity index (χ0v) is 13.6. The van der Waals surface area contributed by atoms with Gasteiger partial charge < -0.3 is 11.1 Å². The first-order valence-electron chi connectivity index (χ1n) is 6.23. The van der Waals surface area contributed by atoms with E-state index in [0.717, 1.165) is 36.8 Å². The van der Waals surface area contributed by atoms with E-state index in [1.54, 1.807) is 11.3 Å². The number of fused-ring (bicyclic) bond motifs is 1. The number of thiazole rings is 1. The molecule has 0 unspecified atom stereocenters. The van der Waals surface area contributed by atoms with E-state index in [2.05, 4.69) is 45.3 Å². The lowest BCUT2D eigenvalue weighted by molar-refractivity contribution is 1.35. The molecule has 20 heavy (non-hydrogen) atoms. The van der Waals surface area contributed by atoms with Gasteiger partial charge in [-0.25, -0.2) is 4.98 Å². The van der Waals surface area contributed by atoms with E-state index in [4.69, 9.17) is 5.73 Å².